The average Bonchev–Trinajstić information content (AvgIpc) is 3.14. The van der Waals surface area contributed by atoms with Gasteiger partial charge in [0.05, 0.1) is 34.3 Å². The fraction of sp³-hybridized carbons (Fsp3) is 0.458. The molecule has 36 heavy (non-hydrogen) atoms. The number of amides is 1. The maximum Gasteiger partial charge on any atom is 0.407 e. The van der Waals surface area contributed by atoms with Gasteiger partial charge in [-0.25, -0.2) is 9.78 Å². The van der Waals surface area contributed by atoms with Crippen LogP contribution in [0.1, 0.15) is 39.4 Å². The summed E-state index contributed by atoms with van der Waals surface area (Å²) in [6, 6.07) is 7.90. The number of ether oxygens (including phenoxy) is 1. The van der Waals surface area contributed by atoms with E-state index in [0.29, 0.717) is 30.6 Å². The third-order valence-corrected chi connectivity index (χ3v) is 7.24. The monoisotopic (exact) mass is 553 g/mol. The van der Waals surface area contributed by atoms with Gasteiger partial charge in [-0.15, -0.1) is 0 Å². The van der Waals surface area contributed by atoms with E-state index >= 15 is 0 Å². The maximum atomic E-state index is 12.5. The number of imidazole rings is 1. The Labute approximate surface area is 216 Å². The Hall–Kier alpha value is -3.41. The van der Waals surface area contributed by atoms with Crippen molar-refractivity contribution in [3.63, 3.8) is 0 Å². The number of halogens is 1. The van der Waals surface area contributed by atoms with Crippen molar-refractivity contribution in [2.45, 2.75) is 51.8 Å². The zero-order valence-corrected chi connectivity index (χ0v) is 22.0. The lowest BCUT2D eigenvalue weighted by Crippen LogP contribution is -2.44. The lowest BCUT2D eigenvalue weighted by atomic mass is 10.0. The summed E-state index contributed by atoms with van der Waals surface area (Å²) in [5.74, 6) is 1.96. The first-order valence-corrected chi connectivity index (χ1v) is 12.8. The number of alkyl carbamates (subject to hydrolysis) is 1. The number of aromatic nitrogens is 6. The highest BCUT2D eigenvalue weighted by molar-refractivity contribution is 9.10. The number of hydrogen-bond donors (Lipinski definition) is 3. The quantitative estimate of drug-likeness (QED) is 0.340. The van der Waals surface area contributed by atoms with Gasteiger partial charge in [-0.3, -0.25) is 0 Å². The Morgan fingerprint density at radius 2 is 2.06 bits per heavy atom. The van der Waals surface area contributed by atoms with Gasteiger partial charge in [0.25, 0.3) is 0 Å². The maximum absolute atomic E-state index is 12.5. The molecule has 4 heterocycles. The number of hydrogen-bond acceptors (Lipinski definition) is 8. The van der Waals surface area contributed by atoms with Crippen LogP contribution in [-0.2, 0) is 11.3 Å². The van der Waals surface area contributed by atoms with E-state index in [4.69, 9.17) is 14.7 Å². The Bertz CT molecular complexity index is 1420. The largest absolute Gasteiger partial charge is 0.444 e. The summed E-state index contributed by atoms with van der Waals surface area (Å²) in [7, 11) is 0. The highest BCUT2D eigenvalue weighted by Crippen LogP contribution is 2.53. The SMILES string of the molecule is CC(C)(C)OC(=O)N[C@@H]1CN(c2nc(NCc3nc4ccccc4[nH]3)n3ncc(Br)c3n2)CC12CC2. The summed E-state index contributed by atoms with van der Waals surface area (Å²) < 4.78 is 7.96. The lowest BCUT2D eigenvalue weighted by Gasteiger charge is -2.23. The molecule has 188 valence electrons. The third kappa shape index (κ3) is 4.34. The summed E-state index contributed by atoms with van der Waals surface area (Å²) in [6.07, 6.45) is 3.43. The second kappa shape index (κ2) is 8.32. The Balaban J connectivity index is 1.24. The standard InChI is InChI=1S/C24H28BrN9O2/c1-23(2,3)36-22(35)30-17-12-33(13-24(17)8-9-24)21-31-19-14(25)10-27-34(19)20(32-21)26-11-18-28-15-6-4-5-7-16(15)29-18/h4-7,10,17H,8-9,11-13H2,1-3H3,(H,28,29)(H,30,35)(H,26,31,32)/t17-/m1/s1. The minimum atomic E-state index is -0.540. The van der Waals surface area contributed by atoms with Crippen molar-refractivity contribution in [1.82, 2.24) is 34.9 Å². The van der Waals surface area contributed by atoms with Crippen LogP contribution in [0.5, 0.6) is 0 Å². The van der Waals surface area contributed by atoms with Crippen molar-refractivity contribution in [3.05, 3.63) is 40.8 Å². The van der Waals surface area contributed by atoms with Crippen LogP contribution in [0.2, 0.25) is 0 Å². The Morgan fingerprint density at radius 1 is 1.25 bits per heavy atom. The smallest absolute Gasteiger partial charge is 0.407 e. The van der Waals surface area contributed by atoms with Crippen molar-refractivity contribution >= 4 is 50.6 Å². The van der Waals surface area contributed by atoms with Gasteiger partial charge in [0.1, 0.15) is 11.4 Å². The molecule has 0 unspecified atom stereocenters. The molecule has 1 saturated carbocycles. The van der Waals surface area contributed by atoms with E-state index in [1.54, 1.807) is 10.7 Å². The summed E-state index contributed by atoms with van der Waals surface area (Å²) in [5, 5.41) is 10.9. The third-order valence-electron chi connectivity index (χ3n) is 6.68. The van der Waals surface area contributed by atoms with Gasteiger partial charge in [-0.1, -0.05) is 12.1 Å². The van der Waals surface area contributed by atoms with Crippen molar-refractivity contribution in [2.75, 3.05) is 23.3 Å². The van der Waals surface area contributed by atoms with Crippen LogP contribution in [-0.4, -0.2) is 60.4 Å². The molecule has 12 heteroatoms. The predicted octanol–water partition coefficient (Wildman–Crippen LogP) is 3.87. The van der Waals surface area contributed by atoms with Gasteiger partial charge in [-0.2, -0.15) is 19.6 Å². The fourth-order valence-electron chi connectivity index (χ4n) is 4.78. The van der Waals surface area contributed by atoms with Crippen molar-refractivity contribution in [2.24, 2.45) is 5.41 Å². The normalized spacial score (nSPS) is 18.8. The van der Waals surface area contributed by atoms with E-state index in [2.05, 4.69) is 46.5 Å². The number of para-hydroxylation sites is 2. The molecule has 2 fully saturated rings. The summed E-state index contributed by atoms with van der Waals surface area (Å²) in [6.45, 7) is 7.44. The van der Waals surface area contributed by atoms with Gasteiger partial charge >= 0.3 is 6.09 Å². The van der Waals surface area contributed by atoms with E-state index in [1.165, 1.54) is 0 Å². The van der Waals surface area contributed by atoms with Gasteiger partial charge in [0.2, 0.25) is 11.9 Å². The molecule has 6 rings (SSSR count). The van der Waals surface area contributed by atoms with Gasteiger partial charge < -0.3 is 25.3 Å². The van der Waals surface area contributed by atoms with E-state index in [-0.39, 0.29) is 17.6 Å². The van der Waals surface area contributed by atoms with Crippen molar-refractivity contribution < 1.29 is 9.53 Å². The van der Waals surface area contributed by atoms with Gasteiger partial charge in [-0.05, 0) is 61.7 Å². The molecule has 1 atom stereocenters. The number of nitrogens with zero attached hydrogens (tertiary/aromatic N) is 6. The van der Waals surface area contributed by atoms with Crippen LogP contribution in [0, 0.1) is 5.41 Å². The highest BCUT2D eigenvalue weighted by atomic mass is 79.9. The summed E-state index contributed by atoms with van der Waals surface area (Å²) in [4.78, 5) is 32.2. The van der Waals surface area contributed by atoms with Crippen LogP contribution in [0.25, 0.3) is 16.7 Å². The molecule has 4 aromatic rings. The molecule has 1 aliphatic carbocycles. The average molecular weight is 554 g/mol. The number of carbonyl (C=O) groups is 1. The van der Waals surface area contributed by atoms with Crippen molar-refractivity contribution in [3.8, 4) is 0 Å². The van der Waals surface area contributed by atoms with Crippen LogP contribution in [0.15, 0.2) is 34.9 Å². The first kappa shape index (κ1) is 23.0. The predicted molar refractivity (Wildman–Crippen MR) is 139 cm³/mol. The Kier molecular flexibility index (Phi) is 5.32. The fourth-order valence-corrected chi connectivity index (χ4v) is 5.13. The number of H-pyrrole nitrogens is 1. The molecule has 0 bridgehead atoms. The molecule has 1 saturated heterocycles. The second-order valence-corrected chi connectivity index (χ2v) is 11.4. The molecular formula is C24H28BrN9O2. The van der Waals surface area contributed by atoms with E-state index in [1.807, 2.05) is 45.0 Å². The number of nitrogens with one attached hydrogen (secondary N) is 3. The van der Waals surface area contributed by atoms with Gasteiger partial charge in [0, 0.05) is 18.5 Å². The summed E-state index contributed by atoms with van der Waals surface area (Å²) in [5.41, 5.74) is 2.06. The highest BCUT2D eigenvalue weighted by Gasteiger charge is 2.56. The molecule has 1 spiro atoms. The van der Waals surface area contributed by atoms with E-state index in [0.717, 1.165) is 40.7 Å². The number of fused-ring (bicyclic) bond motifs is 2. The van der Waals surface area contributed by atoms with E-state index < -0.39 is 5.60 Å². The zero-order valence-electron chi connectivity index (χ0n) is 20.4. The zero-order chi connectivity index (χ0) is 25.1. The summed E-state index contributed by atoms with van der Waals surface area (Å²) >= 11 is 3.56. The molecule has 1 aliphatic heterocycles. The number of rotatable bonds is 5. The van der Waals surface area contributed by atoms with Crippen LogP contribution < -0.4 is 15.5 Å². The second-order valence-electron chi connectivity index (χ2n) is 10.6. The molecule has 1 amide bonds. The van der Waals surface area contributed by atoms with Crippen LogP contribution in [0.4, 0.5) is 16.7 Å². The molecule has 0 radical (unpaired) electrons. The lowest BCUT2D eigenvalue weighted by molar-refractivity contribution is 0.0493. The van der Waals surface area contributed by atoms with Gasteiger partial charge in [0.15, 0.2) is 5.65 Å². The van der Waals surface area contributed by atoms with Crippen molar-refractivity contribution in [1.29, 1.82) is 0 Å². The number of benzene rings is 1. The topological polar surface area (TPSA) is 125 Å². The number of aromatic amines is 1. The number of anilines is 2. The number of carbonyl (C=O) groups excluding carboxylic acids is 1. The Morgan fingerprint density at radius 3 is 2.81 bits per heavy atom. The van der Waals surface area contributed by atoms with E-state index in [9.17, 15) is 4.79 Å². The van der Waals surface area contributed by atoms with Crippen LogP contribution >= 0.6 is 15.9 Å². The van der Waals surface area contributed by atoms with Crippen LogP contribution in [0.3, 0.4) is 0 Å². The molecule has 3 aromatic heterocycles. The molecule has 1 aromatic carbocycles. The minimum Gasteiger partial charge on any atom is -0.444 e. The molecule has 11 nitrogen and oxygen atoms in total. The first-order valence-electron chi connectivity index (χ1n) is 12.0. The molecule has 2 aliphatic rings. The molecular weight excluding hydrogens is 526 g/mol. The minimum absolute atomic E-state index is 0.0208. The first-order chi connectivity index (χ1) is 17.2. The molecule has 3 N–H and O–H groups in total.